The highest BCUT2D eigenvalue weighted by atomic mass is 32.2. The molecule has 1 heterocycles. The molecule has 2 rings (SSSR count). The Kier molecular flexibility index (Phi) is 12.3. The van der Waals surface area contributed by atoms with E-state index in [2.05, 4.69) is 0 Å². The van der Waals surface area contributed by atoms with Gasteiger partial charge >= 0.3 is 0 Å². The molecule has 204 valence electrons. The Morgan fingerprint density at radius 2 is 1.67 bits per heavy atom. The first-order valence-corrected chi connectivity index (χ1v) is 13.7. The minimum atomic E-state index is -1.33. The third-order valence-electron chi connectivity index (χ3n) is 6.60. The normalized spacial score (nSPS) is 15.4. The smallest absolute Gasteiger partial charge is 0.248 e. The molecule has 0 N–H and O–H groups in total. The summed E-state index contributed by atoms with van der Waals surface area (Å²) in [6.45, 7) is 7.54. The number of methoxy groups -OCH3 is 1. The van der Waals surface area contributed by atoms with Gasteiger partial charge in [-0.3, -0.25) is 9.59 Å². The lowest BCUT2D eigenvalue weighted by atomic mass is 9.96. The number of benzene rings is 1. The average molecular weight is 525 g/mol. The van der Waals surface area contributed by atoms with Gasteiger partial charge in [0.25, 0.3) is 0 Å². The molecule has 0 saturated carbocycles. The Morgan fingerprint density at radius 3 is 2.22 bits per heavy atom. The number of hydrogen-bond acceptors (Lipinski definition) is 6. The largest absolute Gasteiger partial charge is 0.497 e. The molecule has 10 heteroatoms. The van der Waals surface area contributed by atoms with Crippen LogP contribution in [-0.4, -0.2) is 116 Å². The van der Waals surface area contributed by atoms with Gasteiger partial charge in [0, 0.05) is 53.2 Å². The van der Waals surface area contributed by atoms with Crippen molar-refractivity contribution in [2.24, 2.45) is 5.92 Å². The van der Waals surface area contributed by atoms with Crippen LogP contribution in [0.4, 0.5) is 0 Å². The fourth-order valence-electron chi connectivity index (χ4n) is 4.34. The van der Waals surface area contributed by atoms with Crippen molar-refractivity contribution >= 4 is 22.8 Å². The zero-order chi connectivity index (χ0) is 26.8. The fourth-order valence-corrected chi connectivity index (χ4v) is 5.56. The molecule has 1 aromatic carbocycles. The minimum absolute atomic E-state index is 0.000563. The van der Waals surface area contributed by atoms with E-state index in [1.54, 1.807) is 30.4 Å². The first-order chi connectivity index (χ1) is 17.0. The molecule has 2 amide bonds. The second-order valence-electron chi connectivity index (χ2n) is 9.90. The molecule has 0 aromatic heterocycles. The van der Waals surface area contributed by atoms with Crippen LogP contribution in [0.5, 0.6) is 5.75 Å². The first-order valence-electron chi connectivity index (χ1n) is 12.6. The summed E-state index contributed by atoms with van der Waals surface area (Å²) in [4.78, 5) is 31.3. The molecule has 9 nitrogen and oxygen atoms in total. The van der Waals surface area contributed by atoms with Crippen molar-refractivity contribution in [1.82, 2.24) is 19.0 Å². The number of nitrogens with zero attached hydrogens (tertiary/aromatic N) is 4. The number of likely N-dealkylation sites (N-methyl/N-ethyl adjacent to an activating group) is 2. The number of aryl methyl sites for hydroxylation is 2. The zero-order valence-corrected chi connectivity index (χ0v) is 23.9. The summed E-state index contributed by atoms with van der Waals surface area (Å²) in [5.41, 5.74) is 1.83. The van der Waals surface area contributed by atoms with Gasteiger partial charge in [0.05, 0.1) is 18.6 Å². The van der Waals surface area contributed by atoms with Gasteiger partial charge in [-0.05, 0) is 70.0 Å². The van der Waals surface area contributed by atoms with Gasteiger partial charge in [0.2, 0.25) is 11.8 Å². The standard InChI is InChI=1S/C26H44N4O5S/c1-20-16-23(34-7)17-21(2)26(20)36(33)29(6)14-15-35-19-25(32)28(5)18-22-8-12-30(13-9-22)24(31)10-11-27(3)4/h16-17,22H,8-15,18-19H2,1-7H3. The number of rotatable bonds is 13. The van der Waals surface area contributed by atoms with E-state index in [-0.39, 0.29) is 18.4 Å². The number of piperidine rings is 1. The Hall–Kier alpha value is -2.01. The number of likely N-dealkylation sites (tertiary alicyclic amines) is 1. The molecular formula is C26H44N4O5S. The summed E-state index contributed by atoms with van der Waals surface area (Å²) in [6.07, 6.45) is 2.37. The summed E-state index contributed by atoms with van der Waals surface area (Å²) >= 11 is 0. The molecular weight excluding hydrogens is 480 g/mol. The molecule has 0 radical (unpaired) electrons. The fraction of sp³-hybridized carbons (Fsp3) is 0.692. The SMILES string of the molecule is COc1cc(C)c(S(=O)N(C)CCOCC(=O)N(C)CC2CCN(C(=O)CCN(C)C)CC2)c(C)c1. The molecule has 1 saturated heterocycles. The Morgan fingerprint density at radius 1 is 1.06 bits per heavy atom. The van der Waals surface area contributed by atoms with Crippen molar-refractivity contribution in [3.63, 3.8) is 0 Å². The summed E-state index contributed by atoms with van der Waals surface area (Å²) in [5, 5.41) is 0. The van der Waals surface area contributed by atoms with Gasteiger partial charge in [0.15, 0.2) is 0 Å². The highest BCUT2D eigenvalue weighted by molar-refractivity contribution is 7.82. The van der Waals surface area contributed by atoms with Crippen molar-refractivity contribution in [2.75, 3.05) is 81.2 Å². The topological polar surface area (TPSA) is 82.6 Å². The van der Waals surface area contributed by atoms with E-state index in [9.17, 15) is 13.8 Å². The van der Waals surface area contributed by atoms with Gasteiger partial charge < -0.3 is 24.2 Å². The quantitative estimate of drug-likeness (QED) is 0.367. The van der Waals surface area contributed by atoms with Gasteiger partial charge in [-0.15, -0.1) is 0 Å². The van der Waals surface area contributed by atoms with E-state index in [1.165, 1.54) is 0 Å². The van der Waals surface area contributed by atoms with Crippen LogP contribution in [-0.2, 0) is 25.3 Å². The van der Waals surface area contributed by atoms with Crippen LogP contribution in [0.15, 0.2) is 17.0 Å². The van der Waals surface area contributed by atoms with Crippen molar-refractivity contribution < 1.29 is 23.3 Å². The van der Waals surface area contributed by atoms with Crippen molar-refractivity contribution in [3.05, 3.63) is 23.3 Å². The van der Waals surface area contributed by atoms with Crippen LogP contribution in [0.1, 0.15) is 30.4 Å². The average Bonchev–Trinajstić information content (AvgIpc) is 2.84. The maximum absolute atomic E-state index is 13.0. The highest BCUT2D eigenvalue weighted by Crippen LogP contribution is 2.25. The first kappa shape index (κ1) is 30.2. The van der Waals surface area contributed by atoms with Gasteiger partial charge in [-0.2, -0.15) is 0 Å². The van der Waals surface area contributed by atoms with Gasteiger partial charge in [0.1, 0.15) is 23.3 Å². The molecule has 36 heavy (non-hydrogen) atoms. The molecule has 1 aliphatic rings. The number of hydrogen-bond donors (Lipinski definition) is 0. The Bertz CT molecular complexity index is 879. The third kappa shape index (κ3) is 9.14. The van der Waals surface area contributed by atoms with Crippen molar-refractivity contribution in [2.45, 2.75) is 38.0 Å². The summed E-state index contributed by atoms with van der Waals surface area (Å²) in [6, 6.07) is 3.76. The number of carbonyl (C=O) groups excluding carboxylic acids is 2. The summed E-state index contributed by atoms with van der Waals surface area (Å²) < 4.78 is 25.6. The van der Waals surface area contributed by atoms with Crippen molar-refractivity contribution in [3.8, 4) is 5.75 Å². The molecule has 1 atom stereocenters. The minimum Gasteiger partial charge on any atom is -0.497 e. The lowest BCUT2D eigenvalue weighted by Crippen LogP contribution is -2.43. The molecule has 1 aromatic rings. The molecule has 0 bridgehead atoms. The second kappa shape index (κ2) is 14.7. The van der Waals surface area contributed by atoms with Gasteiger partial charge in [-0.1, -0.05) is 0 Å². The van der Waals surface area contributed by atoms with Crippen LogP contribution in [0, 0.1) is 19.8 Å². The van der Waals surface area contributed by atoms with Crippen LogP contribution in [0.25, 0.3) is 0 Å². The molecule has 0 spiro atoms. The van der Waals surface area contributed by atoms with E-state index in [0.717, 1.165) is 54.2 Å². The van der Waals surface area contributed by atoms with E-state index in [1.807, 2.05) is 49.9 Å². The second-order valence-corrected chi connectivity index (χ2v) is 11.4. The monoisotopic (exact) mass is 524 g/mol. The number of amides is 2. The number of ether oxygens (including phenoxy) is 2. The van der Waals surface area contributed by atoms with Crippen molar-refractivity contribution in [1.29, 1.82) is 0 Å². The molecule has 1 unspecified atom stereocenters. The molecule has 1 aliphatic heterocycles. The van der Waals surface area contributed by atoms with Gasteiger partial charge in [-0.25, -0.2) is 8.51 Å². The van der Waals surface area contributed by atoms with E-state index >= 15 is 0 Å². The molecule has 0 aliphatic carbocycles. The summed E-state index contributed by atoms with van der Waals surface area (Å²) in [5.74, 6) is 1.29. The summed E-state index contributed by atoms with van der Waals surface area (Å²) in [7, 11) is 7.82. The molecule has 1 fully saturated rings. The third-order valence-corrected chi connectivity index (χ3v) is 8.34. The highest BCUT2D eigenvalue weighted by Gasteiger charge is 2.25. The Balaban J connectivity index is 1.69. The van der Waals surface area contributed by atoms with Crippen LogP contribution in [0.2, 0.25) is 0 Å². The van der Waals surface area contributed by atoms with Crippen LogP contribution >= 0.6 is 0 Å². The predicted molar refractivity (Wildman–Crippen MR) is 142 cm³/mol. The van der Waals surface area contributed by atoms with E-state index in [0.29, 0.717) is 32.0 Å². The zero-order valence-electron chi connectivity index (χ0n) is 23.0. The maximum atomic E-state index is 13.0. The van der Waals surface area contributed by atoms with E-state index < -0.39 is 11.0 Å². The predicted octanol–water partition coefficient (Wildman–Crippen LogP) is 1.93. The lowest BCUT2D eigenvalue weighted by molar-refractivity contribution is -0.137. The lowest BCUT2D eigenvalue weighted by Gasteiger charge is -2.34. The van der Waals surface area contributed by atoms with E-state index in [4.69, 9.17) is 9.47 Å². The van der Waals surface area contributed by atoms with Crippen LogP contribution in [0.3, 0.4) is 0 Å². The number of carbonyl (C=O) groups is 2. The maximum Gasteiger partial charge on any atom is 0.248 e. The Labute approximate surface area is 219 Å². The van der Waals surface area contributed by atoms with Crippen LogP contribution < -0.4 is 4.74 Å².